The first kappa shape index (κ1) is 17.8. The Morgan fingerprint density at radius 1 is 1.36 bits per heavy atom. The Bertz CT molecular complexity index is 726. The van der Waals surface area contributed by atoms with Crippen molar-refractivity contribution in [2.45, 2.75) is 50.4 Å². The van der Waals surface area contributed by atoms with Crippen molar-refractivity contribution >= 4 is 17.7 Å². The molecule has 1 saturated carbocycles. The van der Waals surface area contributed by atoms with Gasteiger partial charge in [-0.05, 0) is 31.9 Å². The lowest BCUT2D eigenvalue weighted by molar-refractivity contribution is -0.119. The lowest BCUT2D eigenvalue weighted by Crippen LogP contribution is -2.33. The van der Waals surface area contributed by atoms with Crippen molar-refractivity contribution in [3.05, 3.63) is 24.3 Å². The number of hydrogen-bond donors (Lipinski definition) is 1. The highest BCUT2D eigenvalue weighted by atomic mass is 32.2. The zero-order valence-corrected chi connectivity index (χ0v) is 15.5. The lowest BCUT2D eigenvalue weighted by Gasteiger charge is -2.12. The normalized spacial score (nSPS) is 14.6. The van der Waals surface area contributed by atoms with E-state index in [0.717, 1.165) is 41.7 Å². The third kappa shape index (κ3) is 4.34. The predicted octanol–water partition coefficient (Wildman–Crippen LogP) is 3.12. The first-order chi connectivity index (χ1) is 12.2. The van der Waals surface area contributed by atoms with E-state index in [0.29, 0.717) is 11.8 Å². The molecule has 2 aromatic rings. The van der Waals surface area contributed by atoms with Crippen LogP contribution in [0.3, 0.4) is 0 Å². The predicted molar refractivity (Wildman–Crippen MR) is 98.8 cm³/mol. The highest BCUT2D eigenvalue weighted by Gasteiger charge is 2.19. The zero-order valence-electron chi connectivity index (χ0n) is 14.7. The number of ether oxygens (including phenoxy) is 1. The van der Waals surface area contributed by atoms with Crippen LogP contribution in [0.4, 0.5) is 0 Å². The van der Waals surface area contributed by atoms with Gasteiger partial charge in [-0.25, -0.2) is 0 Å². The molecule has 0 radical (unpaired) electrons. The molecule has 1 heterocycles. The van der Waals surface area contributed by atoms with Crippen LogP contribution >= 0.6 is 11.8 Å². The fourth-order valence-electron chi connectivity index (χ4n) is 3.13. The van der Waals surface area contributed by atoms with Crippen LogP contribution in [0.25, 0.3) is 11.4 Å². The first-order valence-corrected chi connectivity index (χ1v) is 9.69. The lowest BCUT2D eigenvalue weighted by atomic mass is 10.2. The van der Waals surface area contributed by atoms with E-state index in [2.05, 4.69) is 22.4 Å². The van der Waals surface area contributed by atoms with Crippen LogP contribution in [0.1, 0.15) is 32.6 Å². The Morgan fingerprint density at radius 2 is 2.16 bits per heavy atom. The van der Waals surface area contributed by atoms with Gasteiger partial charge in [0.05, 0.1) is 12.9 Å². The highest BCUT2D eigenvalue weighted by Crippen LogP contribution is 2.26. The van der Waals surface area contributed by atoms with Gasteiger partial charge in [-0.2, -0.15) is 0 Å². The molecule has 0 unspecified atom stereocenters. The van der Waals surface area contributed by atoms with Crippen LogP contribution in [0.15, 0.2) is 29.4 Å². The maximum absolute atomic E-state index is 12.1. The Morgan fingerprint density at radius 3 is 2.88 bits per heavy atom. The molecule has 0 bridgehead atoms. The first-order valence-electron chi connectivity index (χ1n) is 8.71. The van der Waals surface area contributed by atoms with E-state index in [9.17, 15) is 4.79 Å². The second-order valence-electron chi connectivity index (χ2n) is 6.12. The summed E-state index contributed by atoms with van der Waals surface area (Å²) >= 11 is 1.43. The van der Waals surface area contributed by atoms with Crippen LogP contribution in [-0.4, -0.2) is 39.6 Å². The Labute approximate surface area is 152 Å². The zero-order chi connectivity index (χ0) is 17.6. The summed E-state index contributed by atoms with van der Waals surface area (Å²) in [5, 5.41) is 12.5. The van der Waals surface area contributed by atoms with Crippen molar-refractivity contribution in [3.8, 4) is 17.1 Å². The minimum atomic E-state index is 0.0745. The average Bonchev–Trinajstić information content (AvgIpc) is 3.29. The molecule has 1 amide bonds. The number of thioether (sulfide) groups is 1. The standard InChI is InChI=1S/C18H24N4O2S/c1-3-22-17(13-7-6-10-15(11-13)24-2)20-21-18(22)25-12-16(23)19-14-8-4-5-9-14/h6-7,10-11,14H,3-5,8-9,12H2,1-2H3,(H,19,23). The third-order valence-electron chi connectivity index (χ3n) is 4.41. The van der Waals surface area contributed by atoms with Crippen LogP contribution in [0.2, 0.25) is 0 Å². The van der Waals surface area contributed by atoms with E-state index in [4.69, 9.17) is 4.74 Å². The fourth-order valence-corrected chi connectivity index (χ4v) is 3.94. The van der Waals surface area contributed by atoms with E-state index in [1.54, 1.807) is 7.11 Å². The van der Waals surface area contributed by atoms with Gasteiger partial charge in [0.25, 0.3) is 0 Å². The van der Waals surface area contributed by atoms with Gasteiger partial charge in [0.1, 0.15) is 5.75 Å². The number of carbonyl (C=O) groups is 1. The minimum Gasteiger partial charge on any atom is -0.497 e. The molecule has 1 aromatic carbocycles. The molecule has 1 aliphatic rings. The number of rotatable bonds is 7. The molecule has 1 fully saturated rings. The summed E-state index contributed by atoms with van der Waals surface area (Å²) in [5.74, 6) is 2.02. The van der Waals surface area contributed by atoms with Crippen molar-refractivity contribution in [1.82, 2.24) is 20.1 Å². The molecule has 0 spiro atoms. The molecule has 3 rings (SSSR count). The summed E-state index contributed by atoms with van der Waals surface area (Å²) in [5.41, 5.74) is 0.955. The molecule has 1 N–H and O–H groups in total. The SMILES string of the molecule is CCn1c(SCC(=O)NC2CCCC2)nnc1-c1cccc(OC)c1. The largest absolute Gasteiger partial charge is 0.497 e. The topological polar surface area (TPSA) is 69.0 Å². The van der Waals surface area contributed by atoms with Crippen molar-refractivity contribution in [1.29, 1.82) is 0 Å². The molecule has 134 valence electrons. The molecule has 0 saturated heterocycles. The second kappa shape index (κ2) is 8.38. The van der Waals surface area contributed by atoms with E-state index < -0.39 is 0 Å². The summed E-state index contributed by atoms with van der Waals surface area (Å²) in [4.78, 5) is 12.1. The summed E-state index contributed by atoms with van der Waals surface area (Å²) in [6, 6.07) is 8.12. The monoisotopic (exact) mass is 360 g/mol. The van der Waals surface area contributed by atoms with E-state index in [1.165, 1.54) is 24.6 Å². The van der Waals surface area contributed by atoms with Gasteiger partial charge in [0, 0.05) is 18.2 Å². The van der Waals surface area contributed by atoms with E-state index >= 15 is 0 Å². The third-order valence-corrected chi connectivity index (χ3v) is 5.38. The summed E-state index contributed by atoms with van der Waals surface area (Å²) in [6.45, 7) is 2.79. The second-order valence-corrected chi connectivity index (χ2v) is 7.06. The smallest absolute Gasteiger partial charge is 0.230 e. The summed E-state index contributed by atoms with van der Waals surface area (Å²) in [6.07, 6.45) is 4.63. The van der Waals surface area contributed by atoms with Gasteiger partial charge in [-0.15, -0.1) is 10.2 Å². The number of hydrogen-bond acceptors (Lipinski definition) is 5. The molecule has 1 aromatic heterocycles. The van der Waals surface area contributed by atoms with Crippen LogP contribution in [0.5, 0.6) is 5.75 Å². The summed E-state index contributed by atoms with van der Waals surface area (Å²) < 4.78 is 7.31. The number of aromatic nitrogens is 3. The molecule has 6 nitrogen and oxygen atoms in total. The Balaban J connectivity index is 1.68. The minimum absolute atomic E-state index is 0.0745. The highest BCUT2D eigenvalue weighted by molar-refractivity contribution is 7.99. The van der Waals surface area contributed by atoms with Gasteiger partial charge in [0.15, 0.2) is 11.0 Å². The van der Waals surface area contributed by atoms with Crippen LogP contribution in [0, 0.1) is 0 Å². The van der Waals surface area contributed by atoms with Crippen molar-refractivity contribution < 1.29 is 9.53 Å². The van der Waals surface area contributed by atoms with E-state index in [1.807, 2.05) is 28.8 Å². The molecule has 0 atom stereocenters. The van der Waals surface area contributed by atoms with Crippen LogP contribution in [-0.2, 0) is 11.3 Å². The van der Waals surface area contributed by atoms with Crippen molar-refractivity contribution in [2.24, 2.45) is 0 Å². The average molecular weight is 360 g/mol. The number of benzene rings is 1. The van der Waals surface area contributed by atoms with Crippen LogP contribution < -0.4 is 10.1 Å². The number of methoxy groups -OCH3 is 1. The van der Waals surface area contributed by atoms with E-state index in [-0.39, 0.29) is 5.91 Å². The fraction of sp³-hybridized carbons (Fsp3) is 0.500. The van der Waals surface area contributed by atoms with Gasteiger partial charge < -0.3 is 14.6 Å². The van der Waals surface area contributed by atoms with Crippen molar-refractivity contribution in [2.75, 3.05) is 12.9 Å². The molecular formula is C18H24N4O2S. The maximum atomic E-state index is 12.1. The quantitative estimate of drug-likeness (QED) is 0.768. The number of nitrogens with one attached hydrogen (secondary N) is 1. The summed E-state index contributed by atoms with van der Waals surface area (Å²) in [7, 11) is 1.65. The molecule has 0 aliphatic heterocycles. The molecular weight excluding hydrogens is 336 g/mol. The molecule has 7 heteroatoms. The van der Waals surface area contributed by atoms with Gasteiger partial charge in [0.2, 0.25) is 5.91 Å². The number of nitrogens with zero attached hydrogens (tertiary/aromatic N) is 3. The number of carbonyl (C=O) groups excluding carboxylic acids is 1. The van der Waals surface area contributed by atoms with Crippen molar-refractivity contribution in [3.63, 3.8) is 0 Å². The van der Waals surface area contributed by atoms with Gasteiger partial charge >= 0.3 is 0 Å². The van der Waals surface area contributed by atoms with Gasteiger partial charge in [-0.1, -0.05) is 36.7 Å². The number of amides is 1. The maximum Gasteiger partial charge on any atom is 0.230 e. The Kier molecular flexibility index (Phi) is 5.96. The van der Waals surface area contributed by atoms with Gasteiger partial charge in [-0.3, -0.25) is 4.79 Å². The Hall–Kier alpha value is -2.02. The molecule has 1 aliphatic carbocycles. The molecule has 25 heavy (non-hydrogen) atoms.